The number of pyridine rings is 2. The molecular formula is C21H19N5O2. The van der Waals surface area contributed by atoms with Gasteiger partial charge >= 0.3 is 0 Å². The summed E-state index contributed by atoms with van der Waals surface area (Å²) in [7, 11) is 3.79. The van der Waals surface area contributed by atoms with E-state index in [9.17, 15) is 4.79 Å². The minimum atomic E-state index is -0.197. The van der Waals surface area contributed by atoms with Crippen LogP contribution in [0.3, 0.4) is 0 Å². The molecule has 1 amide bonds. The summed E-state index contributed by atoms with van der Waals surface area (Å²) in [4.78, 5) is 23.6. The van der Waals surface area contributed by atoms with Gasteiger partial charge in [-0.2, -0.15) is 0 Å². The molecule has 140 valence electrons. The largest absolute Gasteiger partial charge is 0.363 e. The molecule has 0 radical (unpaired) electrons. The highest BCUT2D eigenvalue weighted by atomic mass is 16.5. The van der Waals surface area contributed by atoms with Crippen LogP contribution in [0.2, 0.25) is 0 Å². The maximum atomic E-state index is 12.9. The lowest BCUT2D eigenvalue weighted by Gasteiger charge is -2.14. The normalized spacial score (nSPS) is 10.8. The molecule has 0 aliphatic heterocycles. The van der Waals surface area contributed by atoms with Crippen LogP contribution in [-0.2, 0) is 6.54 Å². The highest BCUT2D eigenvalue weighted by Crippen LogP contribution is 2.22. The first-order valence-electron chi connectivity index (χ1n) is 8.84. The number of benzene rings is 1. The van der Waals surface area contributed by atoms with Gasteiger partial charge in [-0.05, 0) is 24.3 Å². The Bertz CT molecular complexity index is 1120. The van der Waals surface area contributed by atoms with Gasteiger partial charge in [-0.1, -0.05) is 29.4 Å². The van der Waals surface area contributed by atoms with Crippen LogP contribution >= 0.6 is 0 Å². The molecule has 7 heteroatoms. The summed E-state index contributed by atoms with van der Waals surface area (Å²) >= 11 is 0. The van der Waals surface area contributed by atoms with Crippen molar-refractivity contribution in [1.29, 1.82) is 0 Å². The predicted octanol–water partition coefficient (Wildman–Crippen LogP) is 3.28. The standard InChI is InChI=1S/C21H19N5O2/c1-26(2)20-12-16(15-7-3-4-8-17(15)24-20)21(27)23-13-14-11-19(25-28-14)18-9-5-6-10-22-18/h3-12H,13H2,1-2H3,(H,23,27). The van der Waals surface area contributed by atoms with Gasteiger partial charge in [0.2, 0.25) is 0 Å². The Hall–Kier alpha value is -3.74. The van der Waals surface area contributed by atoms with Crippen molar-refractivity contribution >= 4 is 22.6 Å². The second-order valence-electron chi connectivity index (χ2n) is 6.52. The number of hydrogen-bond donors (Lipinski definition) is 1. The molecule has 4 rings (SSSR count). The molecule has 7 nitrogen and oxygen atoms in total. The second kappa shape index (κ2) is 7.48. The van der Waals surface area contributed by atoms with Crippen LogP contribution in [0.25, 0.3) is 22.3 Å². The van der Waals surface area contributed by atoms with Crippen molar-refractivity contribution in [3.8, 4) is 11.4 Å². The van der Waals surface area contributed by atoms with Crippen LogP contribution < -0.4 is 10.2 Å². The highest BCUT2D eigenvalue weighted by Gasteiger charge is 2.15. The van der Waals surface area contributed by atoms with Crippen molar-refractivity contribution in [3.05, 3.63) is 72.1 Å². The number of nitrogens with zero attached hydrogens (tertiary/aromatic N) is 4. The van der Waals surface area contributed by atoms with E-state index in [4.69, 9.17) is 4.52 Å². The molecule has 0 bridgehead atoms. The van der Waals surface area contributed by atoms with Crippen LogP contribution in [0, 0.1) is 0 Å². The Kier molecular flexibility index (Phi) is 4.72. The zero-order valence-electron chi connectivity index (χ0n) is 15.6. The minimum absolute atomic E-state index is 0.197. The molecule has 1 aromatic carbocycles. The molecule has 0 atom stereocenters. The maximum absolute atomic E-state index is 12.9. The SMILES string of the molecule is CN(C)c1cc(C(=O)NCc2cc(-c3ccccn3)no2)c2ccccc2n1. The number of para-hydroxylation sites is 1. The number of anilines is 1. The smallest absolute Gasteiger partial charge is 0.252 e. The topological polar surface area (TPSA) is 84.2 Å². The Morgan fingerprint density at radius 2 is 1.89 bits per heavy atom. The van der Waals surface area contributed by atoms with Gasteiger partial charge in [0.05, 0.1) is 23.3 Å². The third-order valence-electron chi connectivity index (χ3n) is 4.31. The molecule has 0 saturated heterocycles. The third-order valence-corrected chi connectivity index (χ3v) is 4.31. The van der Waals surface area contributed by atoms with Gasteiger partial charge < -0.3 is 14.7 Å². The molecule has 28 heavy (non-hydrogen) atoms. The summed E-state index contributed by atoms with van der Waals surface area (Å²) in [6.07, 6.45) is 1.70. The molecule has 0 unspecified atom stereocenters. The Labute approximate surface area is 162 Å². The maximum Gasteiger partial charge on any atom is 0.252 e. The van der Waals surface area contributed by atoms with Crippen LogP contribution in [0.4, 0.5) is 5.82 Å². The van der Waals surface area contributed by atoms with Gasteiger partial charge in [0.25, 0.3) is 5.91 Å². The molecule has 4 aromatic rings. The molecule has 3 heterocycles. The van der Waals surface area contributed by atoms with Gasteiger partial charge in [0.1, 0.15) is 11.5 Å². The van der Waals surface area contributed by atoms with Crippen LogP contribution in [0.5, 0.6) is 0 Å². The van der Waals surface area contributed by atoms with E-state index in [2.05, 4.69) is 20.4 Å². The molecule has 1 N–H and O–H groups in total. The minimum Gasteiger partial charge on any atom is -0.363 e. The number of carbonyl (C=O) groups is 1. The number of amides is 1. The molecular weight excluding hydrogens is 354 g/mol. The lowest BCUT2D eigenvalue weighted by atomic mass is 10.1. The highest BCUT2D eigenvalue weighted by molar-refractivity contribution is 6.06. The molecule has 0 saturated carbocycles. The summed E-state index contributed by atoms with van der Waals surface area (Å²) in [5.74, 6) is 1.08. The predicted molar refractivity (Wildman–Crippen MR) is 107 cm³/mol. The zero-order chi connectivity index (χ0) is 19.5. The summed E-state index contributed by atoms with van der Waals surface area (Å²) in [6, 6.07) is 16.7. The summed E-state index contributed by atoms with van der Waals surface area (Å²) < 4.78 is 5.33. The Morgan fingerprint density at radius 3 is 2.68 bits per heavy atom. The monoisotopic (exact) mass is 373 g/mol. The fourth-order valence-electron chi connectivity index (χ4n) is 2.87. The number of aromatic nitrogens is 3. The summed E-state index contributed by atoms with van der Waals surface area (Å²) in [6.45, 7) is 0.229. The van der Waals surface area contributed by atoms with Gasteiger partial charge in [0, 0.05) is 31.7 Å². The van der Waals surface area contributed by atoms with Crippen molar-refractivity contribution in [1.82, 2.24) is 20.4 Å². The first-order chi connectivity index (χ1) is 13.6. The van der Waals surface area contributed by atoms with Gasteiger partial charge in [-0.15, -0.1) is 0 Å². The molecule has 3 aromatic heterocycles. The zero-order valence-corrected chi connectivity index (χ0v) is 15.6. The van der Waals surface area contributed by atoms with E-state index in [0.29, 0.717) is 17.0 Å². The van der Waals surface area contributed by atoms with E-state index in [0.717, 1.165) is 22.4 Å². The van der Waals surface area contributed by atoms with Crippen molar-refractivity contribution in [2.24, 2.45) is 0 Å². The van der Waals surface area contributed by atoms with Crippen molar-refractivity contribution in [2.75, 3.05) is 19.0 Å². The van der Waals surface area contributed by atoms with Crippen LogP contribution in [-0.4, -0.2) is 35.1 Å². The van der Waals surface area contributed by atoms with Crippen molar-refractivity contribution in [3.63, 3.8) is 0 Å². The lowest BCUT2D eigenvalue weighted by molar-refractivity contribution is 0.0948. The third kappa shape index (κ3) is 3.55. The second-order valence-corrected chi connectivity index (χ2v) is 6.52. The number of carbonyl (C=O) groups excluding carboxylic acids is 1. The number of fused-ring (bicyclic) bond motifs is 1. The van der Waals surface area contributed by atoms with Crippen LogP contribution in [0.1, 0.15) is 16.1 Å². The van der Waals surface area contributed by atoms with E-state index in [1.54, 1.807) is 18.3 Å². The van der Waals surface area contributed by atoms with Gasteiger partial charge in [-0.25, -0.2) is 4.98 Å². The average Bonchev–Trinajstić information content (AvgIpc) is 3.21. The first kappa shape index (κ1) is 17.7. The Morgan fingerprint density at radius 1 is 1.07 bits per heavy atom. The van der Waals surface area contributed by atoms with E-state index in [1.165, 1.54) is 0 Å². The van der Waals surface area contributed by atoms with E-state index in [-0.39, 0.29) is 12.5 Å². The summed E-state index contributed by atoms with van der Waals surface area (Å²) in [5, 5.41) is 7.72. The molecule has 0 aliphatic carbocycles. The quantitative estimate of drug-likeness (QED) is 0.578. The van der Waals surface area contributed by atoms with Crippen LogP contribution in [0.15, 0.2) is 65.3 Å². The average molecular weight is 373 g/mol. The van der Waals surface area contributed by atoms with Gasteiger partial charge in [0.15, 0.2) is 5.76 Å². The fourth-order valence-corrected chi connectivity index (χ4v) is 2.87. The molecule has 0 fully saturated rings. The van der Waals surface area contributed by atoms with E-state index >= 15 is 0 Å². The number of hydrogen-bond acceptors (Lipinski definition) is 6. The number of rotatable bonds is 5. The lowest BCUT2D eigenvalue weighted by Crippen LogP contribution is -2.23. The molecule has 0 spiro atoms. The van der Waals surface area contributed by atoms with Crippen molar-refractivity contribution < 1.29 is 9.32 Å². The van der Waals surface area contributed by atoms with E-state index in [1.807, 2.05) is 61.5 Å². The first-order valence-corrected chi connectivity index (χ1v) is 8.84. The van der Waals surface area contributed by atoms with Gasteiger partial charge in [-0.3, -0.25) is 9.78 Å². The summed E-state index contributed by atoms with van der Waals surface area (Å²) in [5.41, 5.74) is 2.70. The fraction of sp³-hybridized carbons (Fsp3) is 0.143. The Balaban J connectivity index is 1.55. The van der Waals surface area contributed by atoms with Crippen molar-refractivity contribution in [2.45, 2.75) is 6.54 Å². The van der Waals surface area contributed by atoms with E-state index < -0.39 is 0 Å². The molecule has 0 aliphatic rings. The number of nitrogens with one attached hydrogen (secondary N) is 1.